The second kappa shape index (κ2) is 5.37. The average Bonchev–Trinajstić information content (AvgIpc) is 2.88. The summed E-state index contributed by atoms with van der Waals surface area (Å²) in [5, 5.41) is 3.41. The number of aromatic nitrogens is 2. The Labute approximate surface area is 119 Å². The number of hydrogen-bond acceptors (Lipinski definition) is 2. The van der Waals surface area contributed by atoms with Crippen LogP contribution in [-0.4, -0.2) is 9.38 Å². The molecule has 0 bridgehead atoms. The molecule has 20 heavy (non-hydrogen) atoms. The van der Waals surface area contributed by atoms with Crippen molar-refractivity contribution >= 4 is 11.3 Å². The second-order valence-electron chi connectivity index (χ2n) is 5.33. The van der Waals surface area contributed by atoms with Gasteiger partial charge in [-0.15, -0.1) is 0 Å². The standard InChI is InChI=1S/C17H19N3/c1-13(2)14-6-8-15(9-7-14)18-11-16-12-20-10-4-3-5-17(20)19-16/h3-10,12-13,18H,11H2,1-2H3. The van der Waals surface area contributed by atoms with Crippen molar-refractivity contribution in [2.24, 2.45) is 0 Å². The van der Waals surface area contributed by atoms with E-state index >= 15 is 0 Å². The lowest BCUT2D eigenvalue weighted by Crippen LogP contribution is -1.99. The van der Waals surface area contributed by atoms with E-state index in [1.807, 2.05) is 28.8 Å². The summed E-state index contributed by atoms with van der Waals surface area (Å²) in [7, 11) is 0. The van der Waals surface area contributed by atoms with Gasteiger partial charge in [-0.05, 0) is 35.7 Å². The van der Waals surface area contributed by atoms with Gasteiger partial charge in [-0.3, -0.25) is 0 Å². The van der Waals surface area contributed by atoms with E-state index in [-0.39, 0.29) is 0 Å². The van der Waals surface area contributed by atoms with E-state index in [0.717, 1.165) is 23.6 Å². The Balaban J connectivity index is 1.69. The lowest BCUT2D eigenvalue weighted by molar-refractivity contribution is 0.866. The fourth-order valence-electron chi connectivity index (χ4n) is 2.25. The van der Waals surface area contributed by atoms with Crippen LogP contribution in [0.4, 0.5) is 5.69 Å². The van der Waals surface area contributed by atoms with Gasteiger partial charge in [-0.2, -0.15) is 0 Å². The van der Waals surface area contributed by atoms with E-state index in [0.29, 0.717) is 5.92 Å². The quantitative estimate of drug-likeness (QED) is 0.770. The Hall–Kier alpha value is -2.29. The van der Waals surface area contributed by atoms with Crippen LogP contribution in [0.15, 0.2) is 54.9 Å². The van der Waals surface area contributed by atoms with Crippen LogP contribution in [0.2, 0.25) is 0 Å². The normalized spacial score (nSPS) is 11.2. The Morgan fingerprint density at radius 2 is 1.90 bits per heavy atom. The Morgan fingerprint density at radius 1 is 1.10 bits per heavy atom. The summed E-state index contributed by atoms with van der Waals surface area (Å²) in [4.78, 5) is 4.57. The first-order valence-corrected chi connectivity index (χ1v) is 6.99. The van der Waals surface area contributed by atoms with Crippen LogP contribution >= 0.6 is 0 Å². The first-order valence-electron chi connectivity index (χ1n) is 6.99. The molecule has 0 atom stereocenters. The minimum atomic E-state index is 0.572. The lowest BCUT2D eigenvalue weighted by Gasteiger charge is -2.08. The molecule has 0 unspecified atom stereocenters. The van der Waals surface area contributed by atoms with E-state index in [4.69, 9.17) is 0 Å². The molecule has 3 nitrogen and oxygen atoms in total. The van der Waals surface area contributed by atoms with Crippen molar-refractivity contribution in [3.05, 3.63) is 66.1 Å². The fraction of sp³-hybridized carbons (Fsp3) is 0.235. The number of fused-ring (bicyclic) bond motifs is 1. The third-order valence-corrected chi connectivity index (χ3v) is 3.46. The van der Waals surface area contributed by atoms with Crippen LogP contribution in [0.5, 0.6) is 0 Å². The summed E-state index contributed by atoms with van der Waals surface area (Å²) in [6.07, 6.45) is 4.08. The number of benzene rings is 1. The van der Waals surface area contributed by atoms with Crippen molar-refractivity contribution in [3.8, 4) is 0 Å². The van der Waals surface area contributed by atoms with Crippen LogP contribution in [0, 0.1) is 0 Å². The van der Waals surface area contributed by atoms with Crippen molar-refractivity contribution in [2.45, 2.75) is 26.3 Å². The van der Waals surface area contributed by atoms with Gasteiger partial charge in [0.2, 0.25) is 0 Å². The number of imidazole rings is 1. The van der Waals surface area contributed by atoms with E-state index < -0.39 is 0 Å². The van der Waals surface area contributed by atoms with Gasteiger partial charge < -0.3 is 9.72 Å². The molecule has 0 saturated carbocycles. The third-order valence-electron chi connectivity index (χ3n) is 3.46. The predicted molar refractivity (Wildman–Crippen MR) is 83.0 cm³/mol. The first-order chi connectivity index (χ1) is 9.72. The zero-order valence-electron chi connectivity index (χ0n) is 11.9. The summed E-state index contributed by atoms with van der Waals surface area (Å²) >= 11 is 0. The fourth-order valence-corrected chi connectivity index (χ4v) is 2.25. The molecule has 3 heteroatoms. The number of hydrogen-bond donors (Lipinski definition) is 1. The maximum absolute atomic E-state index is 4.57. The molecular weight excluding hydrogens is 246 g/mol. The van der Waals surface area contributed by atoms with E-state index in [9.17, 15) is 0 Å². The lowest BCUT2D eigenvalue weighted by atomic mass is 10.0. The largest absolute Gasteiger partial charge is 0.379 e. The minimum Gasteiger partial charge on any atom is -0.379 e. The van der Waals surface area contributed by atoms with Gasteiger partial charge in [0.05, 0.1) is 12.2 Å². The highest BCUT2D eigenvalue weighted by atomic mass is 15.0. The molecular formula is C17H19N3. The molecule has 0 amide bonds. The van der Waals surface area contributed by atoms with Crippen molar-refractivity contribution < 1.29 is 0 Å². The summed E-state index contributed by atoms with van der Waals surface area (Å²) in [6, 6.07) is 14.6. The zero-order chi connectivity index (χ0) is 13.9. The van der Waals surface area contributed by atoms with E-state index in [1.54, 1.807) is 0 Å². The number of nitrogens with zero attached hydrogens (tertiary/aromatic N) is 2. The minimum absolute atomic E-state index is 0.572. The molecule has 0 radical (unpaired) electrons. The second-order valence-corrected chi connectivity index (χ2v) is 5.33. The van der Waals surface area contributed by atoms with Gasteiger partial charge in [0.1, 0.15) is 5.65 Å². The molecule has 0 fully saturated rings. The molecule has 0 saturated heterocycles. The molecule has 1 N–H and O–H groups in total. The number of rotatable bonds is 4. The molecule has 2 aromatic heterocycles. The van der Waals surface area contributed by atoms with Crippen molar-refractivity contribution in [2.75, 3.05) is 5.32 Å². The number of pyridine rings is 1. The summed E-state index contributed by atoms with van der Waals surface area (Å²) in [6.45, 7) is 5.15. The van der Waals surface area contributed by atoms with Gasteiger partial charge in [-0.1, -0.05) is 32.0 Å². The van der Waals surface area contributed by atoms with Crippen LogP contribution in [0.25, 0.3) is 5.65 Å². The van der Waals surface area contributed by atoms with E-state index in [1.165, 1.54) is 5.56 Å². The molecule has 102 valence electrons. The van der Waals surface area contributed by atoms with Crippen LogP contribution < -0.4 is 5.32 Å². The smallest absolute Gasteiger partial charge is 0.137 e. The van der Waals surface area contributed by atoms with Crippen LogP contribution in [0.3, 0.4) is 0 Å². The highest BCUT2D eigenvalue weighted by Gasteiger charge is 2.02. The molecule has 2 heterocycles. The van der Waals surface area contributed by atoms with Crippen molar-refractivity contribution in [1.29, 1.82) is 0 Å². The van der Waals surface area contributed by atoms with Gasteiger partial charge in [0.25, 0.3) is 0 Å². The SMILES string of the molecule is CC(C)c1ccc(NCc2cn3ccccc3n2)cc1. The summed E-state index contributed by atoms with van der Waals surface area (Å²) in [5.74, 6) is 0.572. The molecule has 0 aliphatic carbocycles. The van der Waals surface area contributed by atoms with Crippen molar-refractivity contribution in [3.63, 3.8) is 0 Å². The van der Waals surface area contributed by atoms with Gasteiger partial charge in [0.15, 0.2) is 0 Å². The summed E-state index contributed by atoms with van der Waals surface area (Å²) in [5.41, 5.74) is 4.53. The summed E-state index contributed by atoms with van der Waals surface area (Å²) < 4.78 is 2.04. The Morgan fingerprint density at radius 3 is 2.60 bits per heavy atom. The first kappa shape index (κ1) is 12.7. The highest BCUT2D eigenvalue weighted by Crippen LogP contribution is 2.17. The topological polar surface area (TPSA) is 29.3 Å². The van der Waals surface area contributed by atoms with Crippen molar-refractivity contribution in [1.82, 2.24) is 9.38 Å². The predicted octanol–water partition coefficient (Wildman–Crippen LogP) is 4.07. The van der Waals surface area contributed by atoms with Crippen LogP contribution in [0.1, 0.15) is 31.0 Å². The molecule has 3 aromatic rings. The monoisotopic (exact) mass is 265 g/mol. The average molecular weight is 265 g/mol. The molecule has 3 rings (SSSR count). The molecule has 0 aliphatic rings. The molecule has 0 spiro atoms. The van der Waals surface area contributed by atoms with Gasteiger partial charge >= 0.3 is 0 Å². The Kier molecular flexibility index (Phi) is 3.42. The van der Waals surface area contributed by atoms with Gasteiger partial charge in [0, 0.05) is 18.1 Å². The third kappa shape index (κ3) is 2.67. The van der Waals surface area contributed by atoms with Crippen LogP contribution in [-0.2, 0) is 6.54 Å². The molecule has 0 aliphatic heterocycles. The number of anilines is 1. The zero-order valence-corrected chi connectivity index (χ0v) is 11.9. The maximum Gasteiger partial charge on any atom is 0.137 e. The van der Waals surface area contributed by atoms with E-state index in [2.05, 4.69) is 54.6 Å². The maximum atomic E-state index is 4.57. The highest BCUT2D eigenvalue weighted by molar-refractivity contribution is 5.46. The number of nitrogens with one attached hydrogen (secondary N) is 1. The Bertz CT molecular complexity index is 663. The van der Waals surface area contributed by atoms with Gasteiger partial charge in [-0.25, -0.2) is 4.98 Å². The molecule has 1 aromatic carbocycles.